The molecule has 0 saturated carbocycles. The Bertz CT molecular complexity index is 398. The van der Waals surface area contributed by atoms with Crippen molar-refractivity contribution in [1.29, 1.82) is 0 Å². The predicted octanol–water partition coefficient (Wildman–Crippen LogP) is 3.34. The molecule has 0 aliphatic carbocycles. The highest BCUT2D eigenvalue weighted by Crippen LogP contribution is 2.27. The van der Waals surface area contributed by atoms with Crippen molar-refractivity contribution in [2.24, 2.45) is 0 Å². The van der Waals surface area contributed by atoms with Crippen molar-refractivity contribution in [1.82, 2.24) is 4.90 Å². The lowest BCUT2D eigenvalue weighted by Crippen LogP contribution is -2.37. The molecule has 1 N–H and O–H groups in total. The van der Waals surface area contributed by atoms with Gasteiger partial charge in [0.25, 0.3) is 0 Å². The van der Waals surface area contributed by atoms with Crippen LogP contribution >= 0.6 is 0 Å². The lowest BCUT2D eigenvalue weighted by atomic mass is 10.0. The van der Waals surface area contributed by atoms with Crippen molar-refractivity contribution < 1.29 is 14.2 Å². The average Bonchev–Trinajstić information content (AvgIpc) is 2.38. The van der Waals surface area contributed by atoms with Crippen LogP contribution in [0.4, 0.5) is 4.39 Å². The van der Waals surface area contributed by atoms with E-state index < -0.39 is 0 Å². The Kier molecular flexibility index (Phi) is 6.25. The number of rotatable bonds is 7. The number of phenols is 1. The molecule has 4 heteroatoms. The van der Waals surface area contributed by atoms with Crippen LogP contribution in [0.25, 0.3) is 0 Å². The van der Waals surface area contributed by atoms with E-state index in [0.717, 1.165) is 19.0 Å². The van der Waals surface area contributed by atoms with E-state index >= 15 is 0 Å². The maximum Gasteiger partial charge on any atom is 0.131 e. The van der Waals surface area contributed by atoms with E-state index in [-0.39, 0.29) is 17.6 Å². The molecular weight excluding hydrogens is 245 g/mol. The summed E-state index contributed by atoms with van der Waals surface area (Å²) < 4.78 is 19.1. The fourth-order valence-electron chi connectivity index (χ4n) is 2.26. The monoisotopic (exact) mass is 269 g/mol. The van der Waals surface area contributed by atoms with Gasteiger partial charge in [-0.3, -0.25) is 4.90 Å². The summed E-state index contributed by atoms with van der Waals surface area (Å²) in [6.45, 7) is 7.60. The van der Waals surface area contributed by atoms with E-state index in [0.29, 0.717) is 18.2 Å². The second-order valence-electron chi connectivity index (χ2n) is 4.87. The molecule has 1 rings (SSSR count). The van der Waals surface area contributed by atoms with Gasteiger partial charge in [-0.1, -0.05) is 13.0 Å². The molecule has 0 bridgehead atoms. The third-order valence-corrected chi connectivity index (χ3v) is 3.64. The van der Waals surface area contributed by atoms with Crippen LogP contribution in [0, 0.1) is 5.82 Å². The number of halogens is 1. The molecule has 2 atom stereocenters. The minimum Gasteiger partial charge on any atom is -0.508 e. The molecule has 0 spiro atoms. The highest BCUT2D eigenvalue weighted by molar-refractivity contribution is 5.29. The molecule has 0 aliphatic heterocycles. The maximum atomic E-state index is 13.9. The summed E-state index contributed by atoms with van der Waals surface area (Å²) in [5, 5.41) is 9.28. The molecule has 3 nitrogen and oxygen atoms in total. The van der Waals surface area contributed by atoms with Crippen LogP contribution < -0.4 is 0 Å². The number of methoxy groups -OCH3 is 1. The number of nitrogens with zero attached hydrogens (tertiary/aromatic N) is 1. The Morgan fingerprint density at radius 2 is 2.05 bits per heavy atom. The minimum atomic E-state index is -0.363. The molecule has 2 unspecified atom stereocenters. The normalized spacial score (nSPS) is 14.6. The van der Waals surface area contributed by atoms with Gasteiger partial charge in [-0.15, -0.1) is 0 Å². The fourth-order valence-corrected chi connectivity index (χ4v) is 2.26. The molecule has 0 fully saturated rings. The summed E-state index contributed by atoms with van der Waals surface area (Å²) in [6, 6.07) is 4.64. The Balaban J connectivity index is 2.93. The molecular formula is C15H24FNO2. The lowest BCUT2D eigenvalue weighted by Gasteiger charge is -2.34. The van der Waals surface area contributed by atoms with Crippen molar-refractivity contribution >= 4 is 0 Å². The lowest BCUT2D eigenvalue weighted by molar-refractivity contribution is 0.0926. The zero-order valence-electron chi connectivity index (χ0n) is 12.2. The third-order valence-electron chi connectivity index (χ3n) is 3.64. The van der Waals surface area contributed by atoms with Gasteiger partial charge in [0.15, 0.2) is 0 Å². The van der Waals surface area contributed by atoms with Gasteiger partial charge < -0.3 is 9.84 Å². The van der Waals surface area contributed by atoms with E-state index in [1.165, 1.54) is 6.07 Å². The largest absolute Gasteiger partial charge is 0.508 e. The summed E-state index contributed by atoms with van der Waals surface area (Å²) in [5.74, 6) is -0.404. The van der Waals surface area contributed by atoms with E-state index in [1.807, 2.05) is 6.92 Å². The molecule has 0 aliphatic rings. The van der Waals surface area contributed by atoms with Gasteiger partial charge in [0.1, 0.15) is 11.6 Å². The van der Waals surface area contributed by atoms with Gasteiger partial charge >= 0.3 is 0 Å². The second-order valence-corrected chi connectivity index (χ2v) is 4.87. The average molecular weight is 269 g/mol. The van der Waals surface area contributed by atoms with Gasteiger partial charge in [-0.2, -0.15) is 0 Å². The molecule has 0 aromatic heterocycles. The van der Waals surface area contributed by atoms with Crippen molar-refractivity contribution in [2.45, 2.75) is 39.3 Å². The topological polar surface area (TPSA) is 32.7 Å². The number of aromatic hydroxyl groups is 1. The summed E-state index contributed by atoms with van der Waals surface area (Å²) in [4.78, 5) is 2.22. The van der Waals surface area contributed by atoms with Crippen molar-refractivity contribution in [3.8, 4) is 5.75 Å². The molecule has 0 amide bonds. The summed E-state index contributed by atoms with van der Waals surface area (Å²) in [6.07, 6.45) is 0.994. The molecule has 0 saturated heterocycles. The Morgan fingerprint density at radius 1 is 1.37 bits per heavy atom. The van der Waals surface area contributed by atoms with E-state index in [1.54, 1.807) is 13.2 Å². The van der Waals surface area contributed by atoms with Gasteiger partial charge in [0.05, 0.1) is 6.61 Å². The fraction of sp³-hybridized carbons (Fsp3) is 0.600. The third kappa shape index (κ3) is 4.18. The smallest absolute Gasteiger partial charge is 0.131 e. The molecule has 1 aromatic carbocycles. The number of hydrogen-bond donors (Lipinski definition) is 1. The SMILES string of the molecule is CCC(C)N(CCOC)C(C)c1ccc(O)cc1F. The predicted molar refractivity (Wildman–Crippen MR) is 74.8 cm³/mol. The minimum absolute atomic E-state index is 0.0413. The van der Waals surface area contributed by atoms with Crippen molar-refractivity contribution in [3.05, 3.63) is 29.6 Å². The van der Waals surface area contributed by atoms with Gasteiger partial charge in [-0.25, -0.2) is 4.39 Å². The molecule has 1 aromatic rings. The first-order valence-electron chi connectivity index (χ1n) is 6.74. The quantitative estimate of drug-likeness (QED) is 0.824. The Morgan fingerprint density at radius 3 is 2.58 bits per heavy atom. The zero-order valence-corrected chi connectivity index (χ0v) is 12.2. The molecule has 19 heavy (non-hydrogen) atoms. The van der Waals surface area contributed by atoms with Crippen molar-refractivity contribution in [2.75, 3.05) is 20.3 Å². The van der Waals surface area contributed by atoms with E-state index in [4.69, 9.17) is 4.74 Å². The summed E-state index contributed by atoms with van der Waals surface area (Å²) in [7, 11) is 1.67. The highest BCUT2D eigenvalue weighted by Gasteiger charge is 2.22. The molecule has 0 radical (unpaired) electrons. The number of hydrogen-bond acceptors (Lipinski definition) is 3. The van der Waals surface area contributed by atoms with Gasteiger partial charge in [0.2, 0.25) is 0 Å². The number of ether oxygens (including phenoxy) is 1. The standard InChI is InChI=1S/C15H24FNO2/c1-5-11(2)17(8-9-19-4)12(3)14-7-6-13(18)10-15(14)16/h6-7,10-12,18H,5,8-9H2,1-4H3. The van der Waals surface area contributed by atoms with E-state index in [9.17, 15) is 9.50 Å². The highest BCUT2D eigenvalue weighted by atomic mass is 19.1. The summed E-state index contributed by atoms with van der Waals surface area (Å²) in [5.41, 5.74) is 0.606. The number of benzene rings is 1. The number of phenolic OH excluding ortho intramolecular Hbond substituents is 1. The first-order valence-corrected chi connectivity index (χ1v) is 6.74. The van der Waals surface area contributed by atoms with Crippen LogP contribution in [0.15, 0.2) is 18.2 Å². The van der Waals surface area contributed by atoms with Crippen LogP contribution in [-0.2, 0) is 4.74 Å². The van der Waals surface area contributed by atoms with Crippen LogP contribution in [0.2, 0.25) is 0 Å². The van der Waals surface area contributed by atoms with Crippen LogP contribution in [0.1, 0.15) is 38.8 Å². The Hall–Kier alpha value is -1.13. The first-order chi connectivity index (χ1) is 9.01. The van der Waals surface area contributed by atoms with Crippen LogP contribution in [0.5, 0.6) is 5.75 Å². The van der Waals surface area contributed by atoms with Crippen molar-refractivity contribution in [3.63, 3.8) is 0 Å². The molecule has 0 heterocycles. The van der Waals surface area contributed by atoms with E-state index in [2.05, 4.69) is 18.7 Å². The zero-order chi connectivity index (χ0) is 14.4. The van der Waals surface area contributed by atoms with Gasteiger partial charge in [-0.05, 0) is 26.3 Å². The first kappa shape index (κ1) is 15.9. The van der Waals surface area contributed by atoms with Crippen LogP contribution in [0.3, 0.4) is 0 Å². The summed E-state index contributed by atoms with van der Waals surface area (Å²) >= 11 is 0. The Labute approximate surface area is 115 Å². The van der Waals surface area contributed by atoms with Crippen LogP contribution in [-0.4, -0.2) is 36.3 Å². The van der Waals surface area contributed by atoms with Gasteiger partial charge in [0, 0.05) is 37.4 Å². The maximum absolute atomic E-state index is 13.9. The second kappa shape index (κ2) is 7.46. The molecule has 108 valence electrons.